The Morgan fingerprint density at radius 2 is 1.89 bits per heavy atom. The zero-order valence-electron chi connectivity index (χ0n) is 21.0. The minimum absolute atomic E-state index is 0.0217. The number of carbonyl (C=O) groups is 1. The normalized spacial score (nSPS) is 17.8. The predicted molar refractivity (Wildman–Crippen MR) is 139 cm³/mol. The number of imidazole rings is 1. The monoisotopic (exact) mass is 509 g/mol. The van der Waals surface area contributed by atoms with Crippen LogP contribution in [0.2, 0.25) is 0 Å². The van der Waals surface area contributed by atoms with E-state index >= 15 is 0 Å². The third kappa shape index (κ3) is 4.44. The van der Waals surface area contributed by atoms with E-state index in [0.29, 0.717) is 35.8 Å². The second kappa shape index (κ2) is 9.80. The van der Waals surface area contributed by atoms with Gasteiger partial charge in [0.1, 0.15) is 17.9 Å². The standard InChI is InChI=1S/C29H27N5O4/c1-33-26(31-22-9-10-23(29(35)36)32-28(22)33)16-34-13-11-19(12-14-34)21-3-2-4-24-27(21)37-17-25(38-24)20-7-5-18(15-30)6-8-20/h2-10,19,25H,11-14,16-17H2,1H3,(H,35,36). The van der Waals surface area contributed by atoms with E-state index in [1.807, 2.05) is 35.9 Å². The molecule has 4 aromatic rings. The van der Waals surface area contributed by atoms with Crippen molar-refractivity contribution >= 4 is 17.1 Å². The fourth-order valence-electron chi connectivity index (χ4n) is 5.36. The zero-order valence-corrected chi connectivity index (χ0v) is 21.0. The van der Waals surface area contributed by atoms with Crippen LogP contribution in [-0.2, 0) is 13.6 Å². The lowest BCUT2D eigenvalue weighted by molar-refractivity contribution is 0.0691. The number of para-hydroxylation sites is 1. The van der Waals surface area contributed by atoms with Gasteiger partial charge in [-0.05, 0) is 67.7 Å². The van der Waals surface area contributed by atoms with Gasteiger partial charge in [-0.3, -0.25) is 4.90 Å². The minimum Gasteiger partial charge on any atom is -0.485 e. The molecule has 38 heavy (non-hydrogen) atoms. The van der Waals surface area contributed by atoms with Gasteiger partial charge in [-0.15, -0.1) is 0 Å². The molecule has 1 N–H and O–H groups in total. The van der Waals surface area contributed by atoms with Crippen molar-refractivity contribution in [2.75, 3.05) is 19.7 Å². The van der Waals surface area contributed by atoms with Gasteiger partial charge < -0.3 is 19.1 Å². The van der Waals surface area contributed by atoms with Crippen LogP contribution in [0.5, 0.6) is 11.5 Å². The van der Waals surface area contributed by atoms with Crippen LogP contribution in [0.25, 0.3) is 11.2 Å². The number of hydrogen-bond donors (Lipinski definition) is 1. The van der Waals surface area contributed by atoms with E-state index in [-0.39, 0.29) is 11.8 Å². The quantitative estimate of drug-likeness (QED) is 0.420. The van der Waals surface area contributed by atoms with Gasteiger partial charge in [0.25, 0.3) is 0 Å². The Balaban J connectivity index is 1.12. The molecule has 0 amide bonds. The first kappa shape index (κ1) is 23.9. The van der Waals surface area contributed by atoms with Crippen LogP contribution >= 0.6 is 0 Å². The van der Waals surface area contributed by atoms with E-state index in [1.54, 1.807) is 18.2 Å². The first-order valence-electron chi connectivity index (χ1n) is 12.7. The van der Waals surface area contributed by atoms with Gasteiger partial charge in [-0.25, -0.2) is 14.8 Å². The molecule has 0 spiro atoms. The lowest BCUT2D eigenvalue weighted by Crippen LogP contribution is -2.33. The molecule has 9 nitrogen and oxygen atoms in total. The molecule has 1 fully saturated rings. The minimum atomic E-state index is -1.04. The Hall–Kier alpha value is -4.42. The van der Waals surface area contributed by atoms with Crippen molar-refractivity contribution in [3.8, 4) is 17.6 Å². The van der Waals surface area contributed by atoms with Crippen molar-refractivity contribution in [2.45, 2.75) is 31.4 Å². The number of pyridine rings is 1. The number of piperidine rings is 1. The zero-order chi connectivity index (χ0) is 26.2. The summed E-state index contributed by atoms with van der Waals surface area (Å²) < 4.78 is 14.5. The Bertz CT molecular complexity index is 1550. The summed E-state index contributed by atoms with van der Waals surface area (Å²) in [5, 5.41) is 18.3. The third-order valence-electron chi connectivity index (χ3n) is 7.49. The average molecular weight is 510 g/mol. The number of carboxylic acids is 1. The SMILES string of the molecule is Cn1c(CN2CCC(c3cccc4c3OCC(c3ccc(C#N)cc3)O4)CC2)nc2ccc(C(=O)O)nc21. The van der Waals surface area contributed by atoms with E-state index in [9.17, 15) is 9.90 Å². The second-order valence-electron chi connectivity index (χ2n) is 9.81. The summed E-state index contributed by atoms with van der Waals surface area (Å²) in [6.45, 7) is 2.94. The molecule has 2 aliphatic heterocycles. The van der Waals surface area contributed by atoms with Crippen LogP contribution in [0.3, 0.4) is 0 Å². The predicted octanol–water partition coefficient (Wildman–Crippen LogP) is 4.43. The van der Waals surface area contributed by atoms with Crippen LogP contribution in [0, 0.1) is 11.3 Å². The Kier molecular flexibility index (Phi) is 6.18. The molecular weight excluding hydrogens is 482 g/mol. The maximum Gasteiger partial charge on any atom is 0.354 e. The van der Waals surface area contributed by atoms with E-state index in [4.69, 9.17) is 19.7 Å². The number of rotatable bonds is 5. The van der Waals surface area contributed by atoms with Crippen LogP contribution in [0.4, 0.5) is 0 Å². The topological polar surface area (TPSA) is 114 Å². The van der Waals surface area contributed by atoms with Crippen molar-refractivity contribution in [1.29, 1.82) is 5.26 Å². The number of benzene rings is 2. The van der Waals surface area contributed by atoms with E-state index < -0.39 is 5.97 Å². The van der Waals surface area contributed by atoms with Crippen molar-refractivity contribution < 1.29 is 19.4 Å². The highest BCUT2D eigenvalue weighted by Gasteiger charge is 2.30. The summed E-state index contributed by atoms with van der Waals surface area (Å²) in [6.07, 6.45) is 1.77. The lowest BCUT2D eigenvalue weighted by atomic mass is 9.88. The van der Waals surface area contributed by atoms with Gasteiger partial charge >= 0.3 is 5.97 Å². The van der Waals surface area contributed by atoms with Crippen LogP contribution in [0.15, 0.2) is 54.6 Å². The molecule has 2 aromatic carbocycles. The van der Waals surface area contributed by atoms with Crippen molar-refractivity contribution in [3.63, 3.8) is 0 Å². The molecule has 6 rings (SSSR count). The van der Waals surface area contributed by atoms with E-state index in [1.165, 1.54) is 11.6 Å². The molecule has 0 bridgehead atoms. The third-order valence-corrected chi connectivity index (χ3v) is 7.49. The molecule has 0 aliphatic carbocycles. The summed E-state index contributed by atoms with van der Waals surface area (Å²) in [6, 6.07) is 18.9. The smallest absolute Gasteiger partial charge is 0.354 e. The highest BCUT2D eigenvalue weighted by molar-refractivity contribution is 5.88. The van der Waals surface area contributed by atoms with Crippen LogP contribution in [0.1, 0.15) is 57.9 Å². The highest BCUT2D eigenvalue weighted by Crippen LogP contribution is 2.44. The van der Waals surface area contributed by atoms with Crippen LogP contribution < -0.4 is 9.47 Å². The Morgan fingerprint density at radius 1 is 1.11 bits per heavy atom. The largest absolute Gasteiger partial charge is 0.485 e. The molecule has 2 aromatic heterocycles. The number of fused-ring (bicyclic) bond motifs is 2. The molecule has 9 heteroatoms. The maximum absolute atomic E-state index is 11.3. The molecule has 0 saturated carbocycles. The number of nitrogens with zero attached hydrogens (tertiary/aromatic N) is 5. The molecule has 1 atom stereocenters. The number of aryl methyl sites for hydroxylation is 1. The van der Waals surface area contributed by atoms with E-state index in [2.05, 4.69) is 22.0 Å². The number of aromatic nitrogens is 3. The summed E-state index contributed by atoms with van der Waals surface area (Å²) in [7, 11) is 1.88. The number of likely N-dealkylation sites (tertiary alicyclic amines) is 1. The summed E-state index contributed by atoms with van der Waals surface area (Å²) in [5.74, 6) is 1.80. The van der Waals surface area contributed by atoms with Gasteiger partial charge in [0, 0.05) is 12.6 Å². The van der Waals surface area contributed by atoms with Crippen molar-refractivity contribution in [3.05, 3.63) is 82.8 Å². The highest BCUT2D eigenvalue weighted by atomic mass is 16.6. The van der Waals surface area contributed by atoms with Gasteiger partial charge in [-0.2, -0.15) is 5.26 Å². The summed E-state index contributed by atoms with van der Waals surface area (Å²) >= 11 is 0. The van der Waals surface area contributed by atoms with Gasteiger partial charge in [0.05, 0.1) is 18.2 Å². The first-order chi connectivity index (χ1) is 18.5. The number of ether oxygens (including phenoxy) is 2. The fraction of sp³-hybridized carbons (Fsp3) is 0.310. The second-order valence-corrected chi connectivity index (χ2v) is 9.81. The Morgan fingerprint density at radius 3 is 2.63 bits per heavy atom. The van der Waals surface area contributed by atoms with Gasteiger partial charge in [-0.1, -0.05) is 24.3 Å². The summed E-state index contributed by atoms with van der Waals surface area (Å²) in [4.78, 5) is 22.6. The average Bonchev–Trinajstić information content (AvgIpc) is 3.27. The molecule has 192 valence electrons. The van der Waals surface area contributed by atoms with Crippen LogP contribution in [-0.4, -0.2) is 50.2 Å². The molecule has 1 saturated heterocycles. The molecular formula is C29H27N5O4. The summed E-state index contributed by atoms with van der Waals surface area (Å²) in [5.41, 5.74) is 4.11. The molecule has 0 radical (unpaired) electrons. The van der Waals surface area contributed by atoms with Crippen molar-refractivity contribution in [2.24, 2.45) is 7.05 Å². The van der Waals surface area contributed by atoms with Gasteiger partial charge in [0.2, 0.25) is 0 Å². The maximum atomic E-state index is 11.3. The molecule has 2 aliphatic rings. The van der Waals surface area contributed by atoms with Gasteiger partial charge in [0.15, 0.2) is 28.9 Å². The molecule has 1 unspecified atom stereocenters. The van der Waals surface area contributed by atoms with Crippen molar-refractivity contribution in [1.82, 2.24) is 19.4 Å². The Labute approximate surface area is 219 Å². The molecule has 4 heterocycles. The number of hydrogen-bond acceptors (Lipinski definition) is 7. The fourth-order valence-corrected chi connectivity index (χ4v) is 5.36. The number of carboxylic acid groups (broad SMARTS) is 1. The number of nitriles is 1. The van der Waals surface area contributed by atoms with E-state index in [0.717, 1.165) is 48.8 Å². The lowest BCUT2D eigenvalue weighted by Gasteiger charge is -2.34. The number of aromatic carboxylic acids is 1. The first-order valence-corrected chi connectivity index (χ1v) is 12.7.